The number of rotatable bonds is 7. The Hall–Kier alpha value is -2.14. The summed E-state index contributed by atoms with van der Waals surface area (Å²) in [6.07, 6.45) is 4.44. The first-order chi connectivity index (χ1) is 16.6. The first-order valence-electron chi connectivity index (χ1n) is 11.5. The number of β-amino-alcohol motifs (C(OH)–C–C–N with tert-alkyl or cyclic N) is 1. The van der Waals surface area contributed by atoms with Gasteiger partial charge in [-0.3, -0.25) is 9.97 Å². The lowest BCUT2D eigenvalue weighted by atomic mass is 10.0. The topological polar surface area (TPSA) is 102 Å². The van der Waals surface area contributed by atoms with Gasteiger partial charge in [-0.25, -0.2) is 4.98 Å². The molecule has 12 heteroatoms. The zero-order valence-corrected chi connectivity index (χ0v) is 22.2. The molecule has 1 fully saturated rings. The average Bonchev–Trinajstić information content (AvgIpc) is 2.87. The van der Waals surface area contributed by atoms with Gasteiger partial charge in [0.15, 0.2) is 11.5 Å². The minimum absolute atomic E-state index is 0. The lowest BCUT2D eigenvalue weighted by Crippen LogP contribution is -2.52. The first kappa shape index (κ1) is 28.4. The Balaban J connectivity index is 0.00000180. The van der Waals surface area contributed by atoms with Gasteiger partial charge in [-0.2, -0.15) is 0 Å². The Bertz CT molecular complexity index is 1170. The molecule has 9 nitrogen and oxygen atoms in total. The number of halogens is 3. The van der Waals surface area contributed by atoms with Gasteiger partial charge in [0.05, 0.1) is 41.2 Å². The van der Waals surface area contributed by atoms with Gasteiger partial charge in [0.25, 0.3) is 0 Å². The van der Waals surface area contributed by atoms with Gasteiger partial charge in [-0.15, -0.1) is 24.8 Å². The number of nitrogens with one attached hydrogen (secondary N) is 1. The molecular weight excluding hydrogens is 529 g/mol. The normalized spacial score (nSPS) is 19.3. The van der Waals surface area contributed by atoms with Crippen molar-refractivity contribution in [2.45, 2.75) is 31.5 Å². The maximum Gasteiger partial charge on any atom is 0.213 e. The molecule has 196 valence electrons. The second kappa shape index (κ2) is 12.9. The summed E-state index contributed by atoms with van der Waals surface area (Å²) in [6, 6.07) is 5.58. The van der Waals surface area contributed by atoms with Crippen molar-refractivity contribution in [1.29, 1.82) is 0 Å². The molecule has 0 unspecified atom stereocenters. The molecule has 0 spiro atoms. The zero-order chi connectivity index (χ0) is 23.5. The molecule has 0 aliphatic carbocycles. The second-order valence-corrected chi connectivity index (χ2v) is 8.93. The van der Waals surface area contributed by atoms with Crippen molar-refractivity contribution in [3.8, 4) is 17.4 Å². The summed E-state index contributed by atoms with van der Waals surface area (Å²) in [5.74, 6) is 1.94. The van der Waals surface area contributed by atoms with E-state index in [1.807, 2.05) is 12.1 Å². The summed E-state index contributed by atoms with van der Waals surface area (Å²) in [7, 11) is 1.59. The van der Waals surface area contributed by atoms with Crippen LogP contribution < -0.4 is 19.5 Å². The molecule has 0 aromatic carbocycles. The Labute approximate surface area is 227 Å². The predicted octanol–water partition coefficient (Wildman–Crippen LogP) is 3.07. The third-order valence-corrected chi connectivity index (χ3v) is 6.65. The van der Waals surface area contributed by atoms with Crippen LogP contribution in [0.1, 0.15) is 17.7 Å². The minimum atomic E-state index is -0.478. The van der Waals surface area contributed by atoms with Crippen LogP contribution in [0, 0.1) is 0 Å². The minimum Gasteiger partial charge on any atom is -0.486 e. The van der Waals surface area contributed by atoms with Crippen molar-refractivity contribution in [2.75, 3.05) is 40.0 Å². The van der Waals surface area contributed by atoms with Crippen molar-refractivity contribution in [3.05, 3.63) is 46.9 Å². The van der Waals surface area contributed by atoms with E-state index in [1.54, 1.807) is 25.6 Å². The molecule has 2 N–H and O–H groups in total. The number of pyridine rings is 3. The summed E-state index contributed by atoms with van der Waals surface area (Å²) >= 11 is 6.47. The molecule has 36 heavy (non-hydrogen) atoms. The molecule has 0 bridgehead atoms. The first-order valence-corrected chi connectivity index (χ1v) is 11.8. The molecule has 0 saturated carbocycles. The fourth-order valence-electron chi connectivity index (χ4n) is 4.46. The molecule has 2 aliphatic rings. The van der Waals surface area contributed by atoms with Gasteiger partial charge in [-0.05, 0) is 25.5 Å². The molecule has 3 aromatic rings. The predicted molar refractivity (Wildman–Crippen MR) is 142 cm³/mol. The smallest absolute Gasteiger partial charge is 0.213 e. The summed E-state index contributed by atoms with van der Waals surface area (Å²) in [5.41, 5.74) is 3.36. The van der Waals surface area contributed by atoms with Crippen LogP contribution in [0.4, 0.5) is 0 Å². The van der Waals surface area contributed by atoms with Crippen LogP contribution in [0.5, 0.6) is 17.4 Å². The van der Waals surface area contributed by atoms with Crippen LogP contribution in [0.15, 0.2) is 30.6 Å². The largest absolute Gasteiger partial charge is 0.486 e. The Morgan fingerprint density at radius 3 is 2.75 bits per heavy atom. The lowest BCUT2D eigenvalue weighted by molar-refractivity contribution is 0.0403. The highest BCUT2D eigenvalue weighted by molar-refractivity contribution is 6.32. The molecule has 1 saturated heterocycles. The van der Waals surface area contributed by atoms with Gasteiger partial charge >= 0.3 is 0 Å². The summed E-state index contributed by atoms with van der Waals surface area (Å²) in [4.78, 5) is 15.6. The highest BCUT2D eigenvalue weighted by Gasteiger charge is 2.27. The van der Waals surface area contributed by atoms with E-state index in [2.05, 4.69) is 25.2 Å². The number of aliphatic hydroxyl groups is 1. The maximum absolute atomic E-state index is 10.8. The van der Waals surface area contributed by atoms with Crippen molar-refractivity contribution < 1.29 is 19.3 Å². The third-order valence-electron chi connectivity index (χ3n) is 6.32. The van der Waals surface area contributed by atoms with Crippen LogP contribution in [0.2, 0.25) is 5.02 Å². The van der Waals surface area contributed by atoms with E-state index in [1.165, 1.54) is 0 Å². The fraction of sp³-hybridized carbons (Fsp3) is 0.458. The van der Waals surface area contributed by atoms with E-state index < -0.39 is 6.10 Å². The van der Waals surface area contributed by atoms with E-state index in [9.17, 15) is 5.11 Å². The fourth-order valence-corrected chi connectivity index (χ4v) is 4.69. The molecule has 5 rings (SSSR count). The van der Waals surface area contributed by atoms with Crippen LogP contribution in [-0.2, 0) is 13.0 Å². The number of piperidine rings is 1. The van der Waals surface area contributed by atoms with Gasteiger partial charge < -0.3 is 29.5 Å². The molecule has 5 heterocycles. The molecule has 2 atom stereocenters. The van der Waals surface area contributed by atoms with E-state index >= 15 is 0 Å². The van der Waals surface area contributed by atoms with E-state index in [-0.39, 0.29) is 30.9 Å². The number of likely N-dealkylation sites (tertiary alicyclic amines) is 1. The van der Waals surface area contributed by atoms with E-state index in [4.69, 9.17) is 25.8 Å². The van der Waals surface area contributed by atoms with Crippen LogP contribution in [-0.4, -0.2) is 77.1 Å². The van der Waals surface area contributed by atoms with Crippen molar-refractivity contribution in [1.82, 2.24) is 25.2 Å². The average molecular weight is 559 g/mol. The van der Waals surface area contributed by atoms with Gasteiger partial charge in [0.2, 0.25) is 5.88 Å². The Morgan fingerprint density at radius 2 is 1.97 bits per heavy atom. The monoisotopic (exact) mass is 557 g/mol. The van der Waals surface area contributed by atoms with E-state index in [0.717, 1.165) is 47.6 Å². The number of hydrogen-bond donors (Lipinski definition) is 2. The Morgan fingerprint density at radius 1 is 1.17 bits per heavy atom. The van der Waals surface area contributed by atoms with Gasteiger partial charge in [0.1, 0.15) is 13.2 Å². The quantitative estimate of drug-likeness (QED) is 0.453. The highest BCUT2D eigenvalue weighted by Crippen LogP contribution is 2.29. The number of fused-ring (bicyclic) bond motifs is 2. The van der Waals surface area contributed by atoms with Crippen LogP contribution in [0.3, 0.4) is 0 Å². The SMILES string of the molecule is COc1ccc2ncc(Cl)c(CCN3CC[C@H](NCc4cc5c(cn4)OCCO5)[C@H](O)C3)c2n1.Cl.Cl. The molecular formula is C24H30Cl3N5O4. The van der Waals surface area contributed by atoms with Crippen LogP contribution in [0.25, 0.3) is 11.0 Å². The lowest BCUT2D eigenvalue weighted by Gasteiger charge is -2.36. The molecule has 0 radical (unpaired) electrons. The zero-order valence-electron chi connectivity index (χ0n) is 19.9. The highest BCUT2D eigenvalue weighted by atomic mass is 35.5. The number of methoxy groups -OCH3 is 1. The standard InChI is InChI=1S/C24H28ClN5O4.2ClH/c1-32-23-3-2-19-24(29-23)16(17(25)12-28-19)4-6-30-7-5-18(20(31)14-30)27-11-15-10-21-22(13-26-15)34-9-8-33-21;;/h2-3,10,12-13,18,20,27,31H,4-9,11,14H2,1H3;2*1H/t18-,20+;;/m0../s1. The number of hydrogen-bond acceptors (Lipinski definition) is 9. The summed E-state index contributed by atoms with van der Waals surface area (Å²) < 4.78 is 16.4. The van der Waals surface area contributed by atoms with Crippen molar-refractivity contribution in [3.63, 3.8) is 0 Å². The number of ether oxygens (including phenoxy) is 3. The molecule has 2 aliphatic heterocycles. The summed E-state index contributed by atoms with van der Waals surface area (Å²) in [5, 5.41) is 14.8. The van der Waals surface area contributed by atoms with Crippen molar-refractivity contribution in [2.24, 2.45) is 0 Å². The van der Waals surface area contributed by atoms with Crippen LogP contribution >= 0.6 is 36.4 Å². The van der Waals surface area contributed by atoms with Gasteiger partial charge in [-0.1, -0.05) is 11.6 Å². The molecule has 3 aromatic heterocycles. The maximum atomic E-state index is 10.8. The number of aliphatic hydroxyl groups excluding tert-OH is 1. The number of nitrogens with zero attached hydrogens (tertiary/aromatic N) is 4. The van der Waals surface area contributed by atoms with E-state index in [0.29, 0.717) is 49.4 Å². The third kappa shape index (κ3) is 6.40. The number of aromatic nitrogens is 3. The van der Waals surface area contributed by atoms with Crippen molar-refractivity contribution >= 4 is 47.4 Å². The summed E-state index contributed by atoms with van der Waals surface area (Å²) in [6.45, 7) is 3.89. The van der Waals surface area contributed by atoms with Gasteiger partial charge in [0, 0.05) is 49.6 Å². The Kier molecular flexibility index (Phi) is 10.2. The second-order valence-electron chi connectivity index (χ2n) is 8.52. The molecule has 0 amide bonds.